The number of nitrogen functional groups attached to an aromatic ring is 1. The van der Waals surface area contributed by atoms with Crippen molar-refractivity contribution in [2.45, 2.75) is 13.8 Å². The third-order valence-corrected chi connectivity index (χ3v) is 1.68. The van der Waals surface area contributed by atoms with E-state index in [4.69, 9.17) is 10.2 Å². The molecular formula is C8H9N3O. The predicted molar refractivity (Wildman–Crippen MR) is 45.7 cm³/mol. The van der Waals surface area contributed by atoms with Gasteiger partial charge in [0, 0.05) is 13.0 Å². The molecule has 0 unspecified atom stereocenters. The number of oxazole rings is 1. The largest absolute Gasteiger partial charge is 0.441 e. The van der Waals surface area contributed by atoms with Crippen LogP contribution in [-0.2, 0) is 0 Å². The number of nitrogens with two attached hydrogens (primary N) is 1. The SMILES string of the molecule is Cc1nc2c(C)nc(N)cc2o1. The van der Waals surface area contributed by atoms with Gasteiger partial charge in [0.1, 0.15) is 11.3 Å². The Morgan fingerprint density at radius 3 is 2.83 bits per heavy atom. The Balaban J connectivity index is 2.88. The lowest BCUT2D eigenvalue weighted by Gasteiger charge is -1.93. The monoisotopic (exact) mass is 163 g/mol. The van der Waals surface area contributed by atoms with E-state index in [9.17, 15) is 0 Å². The van der Waals surface area contributed by atoms with Gasteiger partial charge in [-0.05, 0) is 6.92 Å². The average molecular weight is 163 g/mol. The molecule has 0 spiro atoms. The molecule has 2 N–H and O–H groups in total. The van der Waals surface area contributed by atoms with E-state index in [2.05, 4.69) is 9.97 Å². The zero-order valence-electron chi connectivity index (χ0n) is 6.96. The normalized spacial score (nSPS) is 10.8. The van der Waals surface area contributed by atoms with Crippen molar-refractivity contribution in [3.05, 3.63) is 17.7 Å². The highest BCUT2D eigenvalue weighted by Gasteiger charge is 2.06. The van der Waals surface area contributed by atoms with Gasteiger partial charge in [-0.1, -0.05) is 0 Å². The molecule has 12 heavy (non-hydrogen) atoms. The highest BCUT2D eigenvalue weighted by molar-refractivity contribution is 5.77. The van der Waals surface area contributed by atoms with E-state index in [0.717, 1.165) is 11.2 Å². The standard InChI is InChI=1S/C8H9N3O/c1-4-8-6(3-7(9)10-4)12-5(2)11-8/h3H,1-2H3,(H2,9,10). The Labute approximate surface area is 69.4 Å². The van der Waals surface area contributed by atoms with Crippen LogP contribution >= 0.6 is 0 Å². The van der Waals surface area contributed by atoms with Gasteiger partial charge in [0.25, 0.3) is 0 Å². The Bertz CT molecular complexity index is 433. The Morgan fingerprint density at radius 1 is 1.33 bits per heavy atom. The number of aromatic nitrogens is 2. The lowest BCUT2D eigenvalue weighted by atomic mass is 10.3. The average Bonchev–Trinajstić information content (AvgIpc) is 2.29. The molecule has 2 rings (SSSR count). The van der Waals surface area contributed by atoms with Crippen LogP contribution in [0.15, 0.2) is 10.5 Å². The predicted octanol–water partition coefficient (Wildman–Crippen LogP) is 1.42. The smallest absolute Gasteiger partial charge is 0.192 e. The van der Waals surface area contributed by atoms with Crippen molar-refractivity contribution in [1.29, 1.82) is 0 Å². The van der Waals surface area contributed by atoms with Gasteiger partial charge < -0.3 is 10.2 Å². The van der Waals surface area contributed by atoms with Gasteiger partial charge in [0.15, 0.2) is 11.5 Å². The molecule has 0 amide bonds. The molecular weight excluding hydrogens is 154 g/mol. The fraction of sp³-hybridized carbons (Fsp3) is 0.250. The Hall–Kier alpha value is -1.58. The molecule has 0 saturated heterocycles. The highest BCUT2D eigenvalue weighted by atomic mass is 16.3. The molecule has 0 aromatic carbocycles. The van der Waals surface area contributed by atoms with Crippen molar-refractivity contribution in [2.75, 3.05) is 5.73 Å². The molecule has 0 aliphatic heterocycles. The van der Waals surface area contributed by atoms with Crippen LogP contribution in [0, 0.1) is 13.8 Å². The topological polar surface area (TPSA) is 64.9 Å². The van der Waals surface area contributed by atoms with Crippen molar-refractivity contribution in [2.24, 2.45) is 0 Å². The molecule has 0 radical (unpaired) electrons. The summed E-state index contributed by atoms with van der Waals surface area (Å²) in [6.45, 7) is 3.66. The number of hydrogen-bond donors (Lipinski definition) is 1. The summed E-state index contributed by atoms with van der Waals surface area (Å²) in [5.41, 5.74) is 7.84. The van der Waals surface area contributed by atoms with Crippen LogP contribution < -0.4 is 5.73 Å². The molecule has 0 aliphatic carbocycles. The first-order valence-electron chi connectivity index (χ1n) is 3.67. The zero-order valence-corrected chi connectivity index (χ0v) is 6.96. The number of fused-ring (bicyclic) bond motifs is 1. The fourth-order valence-corrected chi connectivity index (χ4v) is 1.21. The van der Waals surface area contributed by atoms with E-state index < -0.39 is 0 Å². The first kappa shape index (κ1) is 7.09. The van der Waals surface area contributed by atoms with Crippen LogP contribution in [0.1, 0.15) is 11.6 Å². The number of anilines is 1. The number of rotatable bonds is 0. The molecule has 2 heterocycles. The summed E-state index contributed by atoms with van der Waals surface area (Å²) in [4.78, 5) is 8.24. The summed E-state index contributed by atoms with van der Waals surface area (Å²) in [6.07, 6.45) is 0. The second-order valence-electron chi connectivity index (χ2n) is 2.71. The Kier molecular flexibility index (Phi) is 1.30. The van der Waals surface area contributed by atoms with E-state index >= 15 is 0 Å². The number of hydrogen-bond acceptors (Lipinski definition) is 4. The minimum atomic E-state index is 0.469. The summed E-state index contributed by atoms with van der Waals surface area (Å²) in [7, 11) is 0. The van der Waals surface area contributed by atoms with Crippen LogP contribution in [0.4, 0.5) is 5.82 Å². The van der Waals surface area contributed by atoms with E-state index in [1.165, 1.54) is 0 Å². The zero-order chi connectivity index (χ0) is 8.72. The van der Waals surface area contributed by atoms with Gasteiger partial charge in [-0.25, -0.2) is 9.97 Å². The minimum absolute atomic E-state index is 0.469. The summed E-state index contributed by atoms with van der Waals surface area (Å²) >= 11 is 0. The summed E-state index contributed by atoms with van der Waals surface area (Å²) in [6, 6.07) is 1.68. The highest BCUT2D eigenvalue weighted by Crippen LogP contribution is 2.19. The summed E-state index contributed by atoms with van der Waals surface area (Å²) in [5, 5.41) is 0. The first-order valence-corrected chi connectivity index (χ1v) is 3.67. The van der Waals surface area contributed by atoms with Gasteiger partial charge in [-0.2, -0.15) is 0 Å². The molecule has 4 nitrogen and oxygen atoms in total. The van der Waals surface area contributed by atoms with Crippen molar-refractivity contribution in [3.63, 3.8) is 0 Å². The molecule has 0 bridgehead atoms. The van der Waals surface area contributed by atoms with E-state index in [1.54, 1.807) is 13.0 Å². The minimum Gasteiger partial charge on any atom is -0.441 e. The molecule has 2 aromatic heterocycles. The molecule has 2 aromatic rings. The summed E-state index contributed by atoms with van der Waals surface area (Å²) < 4.78 is 5.30. The maximum Gasteiger partial charge on any atom is 0.192 e. The number of aryl methyl sites for hydroxylation is 2. The quantitative estimate of drug-likeness (QED) is 0.637. The van der Waals surface area contributed by atoms with Crippen LogP contribution in [0.3, 0.4) is 0 Å². The molecule has 0 atom stereocenters. The van der Waals surface area contributed by atoms with Gasteiger partial charge in [-0.15, -0.1) is 0 Å². The second-order valence-corrected chi connectivity index (χ2v) is 2.71. The van der Waals surface area contributed by atoms with Crippen molar-refractivity contribution >= 4 is 16.9 Å². The van der Waals surface area contributed by atoms with E-state index in [-0.39, 0.29) is 0 Å². The van der Waals surface area contributed by atoms with Gasteiger partial charge in [-0.3, -0.25) is 0 Å². The van der Waals surface area contributed by atoms with Crippen molar-refractivity contribution in [3.8, 4) is 0 Å². The fourth-order valence-electron chi connectivity index (χ4n) is 1.21. The lowest BCUT2D eigenvalue weighted by Crippen LogP contribution is -1.91. The van der Waals surface area contributed by atoms with Crippen LogP contribution in [0.25, 0.3) is 11.1 Å². The third kappa shape index (κ3) is 0.922. The van der Waals surface area contributed by atoms with Crippen LogP contribution in [-0.4, -0.2) is 9.97 Å². The number of nitrogens with zero attached hydrogens (tertiary/aromatic N) is 2. The van der Waals surface area contributed by atoms with Gasteiger partial charge >= 0.3 is 0 Å². The van der Waals surface area contributed by atoms with Crippen LogP contribution in [0.5, 0.6) is 0 Å². The lowest BCUT2D eigenvalue weighted by molar-refractivity contribution is 0.561. The molecule has 0 fully saturated rings. The van der Waals surface area contributed by atoms with Crippen LogP contribution in [0.2, 0.25) is 0 Å². The second kappa shape index (κ2) is 2.20. The van der Waals surface area contributed by atoms with Crippen molar-refractivity contribution in [1.82, 2.24) is 9.97 Å². The maximum atomic E-state index is 5.54. The molecule has 0 aliphatic rings. The number of pyridine rings is 1. The molecule has 4 heteroatoms. The molecule has 0 saturated carbocycles. The van der Waals surface area contributed by atoms with Gasteiger partial charge in [0.05, 0.1) is 5.69 Å². The first-order chi connectivity index (χ1) is 5.66. The molecule has 62 valence electrons. The van der Waals surface area contributed by atoms with Crippen molar-refractivity contribution < 1.29 is 4.42 Å². The third-order valence-electron chi connectivity index (χ3n) is 1.68. The maximum absolute atomic E-state index is 5.54. The van der Waals surface area contributed by atoms with E-state index in [1.807, 2.05) is 6.92 Å². The Morgan fingerprint density at radius 2 is 2.08 bits per heavy atom. The summed E-state index contributed by atoms with van der Waals surface area (Å²) in [5.74, 6) is 1.11. The van der Waals surface area contributed by atoms with Gasteiger partial charge in [0.2, 0.25) is 0 Å². The van der Waals surface area contributed by atoms with E-state index in [0.29, 0.717) is 17.3 Å².